The van der Waals surface area contributed by atoms with E-state index >= 15 is 0 Å². The molecule has 0 radical (unpaired) electrons. The van der Waals surface area contributed by atoms with Crippen molar-refractivity contribution in [2.45, 2.75) is 11.3 Å². The molecule has 5 rings (SSSR count). The third-order valence-electron chi connectivity index (χ3n) is 6.69. The van der Waals surface area contributed by atoms with Crippen molar-refractivity contribution in [3.63, 3.8) is 0 Å². The number of benzene rings is 3. The van der Waals surface area contributed by atoms with Crippen molar-refractivity contribution < 1.29 is 9.47 Å². The van der Waals surface area contributed by atoms with Gasteiger partial charge in [-0.05, 0) is 46.5 Å². The lowest BCUT2D eigenvalue weighted by molar-refractivity contribution is 0.342. The van der Waals surface area contributed by atoms with Crippen LogP contribution in [-0.4, -0.2) is 25.0 Å². The van der Waals surface area contributed by atoms with Gasteiger partial charge in [-0.2, -0.15) is 0 Å². The van der Waals surface area contributed by atoms with Crippen molar-refractivity contribution in [1.82, 2.24) is 0 Å². The highest BCUT2D eigenvalue weighted by molar-refractivity contribution is 6.18. The smallest absolute Gasteiger partial charge is 0.119 e. The van der Waals surface area contributed by atoms with Crippen LogP contribution in [-0.2, 0) is 5.41 Å². The van der Waals surface area contributed by atoms with E-state index in [-0.39, 0.29) is 11.3 Å². The number of halogens is 2. The molecule has 0 saturated carbocycles. The minimum absolute atomic E-state index is 0.268. The van der Waals surface area contributed by atoms with Gasteiger partial charge >= 0.3 is 0 Å². The van der Waals surface area contributed by atoms with Gasteiger partial charge in [0.05, 0.1) is 17.2 Å². The summed E-state index contributed by atoms with van der Waals surface area (Å²) in [7, 11) is 0. The Morgan fingerprint density at radius 2 is 1.21 bits per heavy atom. The van der Waals surface area contributed by atoms with Gasteiger partial charge in [0.25, 0.3) is 0 Å². The molecular formula is C29H26Cl2O2. The Bertz CT molecular complexity index is 1100. The van der Waals surface area contributed by atoms with Crippen LogP contribution in [0.2, 0.25) is 0 Å². The molecule has 2 unspecified atom stereocenters. The fourth-order valence-corrected chi connectivity index (χ4v) is 5.60. The standard InChI is InChI=1S/C29H26Cl2O2/c30-17-19-32-23-13-9-21(10-14-23)29(22-11-15-24(16-12-22)33-20-18-31)27-7-3-1-5-25(27)26-6-2-4-8-28(26)29/h1-16,25,27H,17-20H2. The maximum absolute atomic E-state index is 5.81. The SMILES string of the molecule is ClCCOc1ccc(C2(c3ccc(OCCCl)cc3)c3ccccc3C3C=CC=CC32)cc1. The number of alkyl halides is 2. The molecule has 0 aromatic heterocycles. The minimum Gasteiger partial charge on any atom is -0.492 e. The Labute approximate surface area is 205 Å². The molecule has 0 N–H and O–H groups in total. The van der Waals surface area contributed by atoms with Gasteiger partial charge in [0.2, 0.25) is 0 Å². The van der Waals surface area contributed by atoms with Gasteiger partial charge in [0, 0.05) is 11.8 Å². The Morgan fingerprint density at radius 1 is 0.667 bits per heavy atom. The summed E-state index contributed by atoms with van der Waals surface area (Å²) in [5.41, 5.74) is 4.90. The van der Waals surface area contributed by atoms with Crippen LogP contribution in [0.1, 0.15) is 28.2 Å². The largest absolute Gasteiger partial charge is 0.492 e. The van der Waals surface area contributed by atoms with Gasteiger partial charge < -0.3 is 9.47 Å². The van der Waals surface area contributed by atoms with Crippen LogP contribution < -0.4 is 9.47 Å². The molecular weight excluding hydrogens is 451 g/mol. The molecule has 2 nitrogen and oxygen atoms in total. The van der Waals surface area contributed by atoms with E-state index in [2.05, 4.69) is 97.1 Å². The molecule has 3 aromatic rings. The number of ether oxygens (including phenoxy) is 2. The normalized spacial score (nSPS) is 19.7. The van der Waals surface area contributed by atoms with Crippen LogP contribution in [0.25, 0.3) is 0 Å². The molecule has 0 heterocycles. The third kappa shape index (κ3) is 3.86. The van der Waals surface area contributed by atoms with E-state index < -0.39 is 0 Å². The van der Waals surface area contributed by atoms with Crippen molar-refractivity contribution in [2.24, 2.45) is 5.92 Å². The Kier molecular flexibility index (Phi) is 6.48. The fraction of sp³-hybridized carbons (Fsp3) is 0.241. The molecule has 0 amide bonds. The molecule has 4 heteroatoms. The molecule has 0 fully saturated rings. The number of rotatable bonds is 8. The average molecular weight is 477 g/mol. The van der Waals surface area contributed by atoms with E-state index in [0.29, 0.717) is 30.9 Å². The lowest BCUT2D eigenvalue weighted by atomic mass is 9.63. The van der Waals surface area contributed by atoms with Gasteiger partial charge in [-0.15, -0.1) is 23.2 Å². The molecule has 2 aliphatic rings. The molecule has 0 bridgehead atoms. The maximum atomic E-state index is 5.81. The van der Waals surface area contributed by atoms with Crippen molar-refractivity contribution in [3.05, 3.63) is 119 Å². The second-order valence-corrected chi connectivity index (χ2v) is 9.10. The van der Waals surface area contributed by atoms with Crippen molar-refractivity contribution >= 4 is 23.2 Å². The van der Waals surface area contributed by atoms with E-state index in [0.717, 1.165) is 11.5 Å². The third-order valence-corrected chi connectivity index (χ3v) is 7.00. The molecule has 0 aliphatic heterocycles. The van der Waals surface area contributed by atoms with Crippen molar-refractivity contribution in [3.8, 4) is 11.5 Å². The molecule has 2 atom stereocenters. The lowest BCUT2D eigenvalue weighted by Crippen LogP contribution is -2.35. The second-order valence-electron chi connectivity index (χ2n) is 8.34. The molecule has 2 aliphatic carbocycles. The predicted octanol–water partition coefficient (Wildman–Crippen LogP) is 7.10. The lowest BCUT2D eigenvalue weighted by Gasteiger charge is -2.39. The van der Waals surface area contributed by atoms with Crippen molar-refractivity contribution in [1.29, 1.82) is 0 Å². The van der Waals surface area contributed by atoms with Gasteiger partial charge in [0.15, 0.2) is 0 Å². The zero-order chi connectivity index (χ0) is 22.7. The van der Waals surface area contributed by atoms with E-state index in [9.17, 15) is 0 Å². The van der Waals surface area contributed by atoms with Gasteiger partial charge in [0.1, 0.15) is 24.7 Å². The topological polar surface area (TPSA) is 18.5 Å². The second kappa shape index (κ2) is 9.67. The maximum Gasteiger partial charge on any atom is 0.119 e. The van der Waals surface area contributed by atoms with E-state index in [4.69, 9.17) is 32.7 Å². The first-order valence-corrected chi connectivity index (χ1v) is 12.4. The number of hydrogen-bond donors (Lipinski definition) is 0. The van der Waals surface area contributed by atoms with Gasteiger partial charge in [-0.1, -0.05) is 72.8 Å². The average Bonchev–Trinajstić information content (AvgIpc) is 3.18. The monoisotopic (exact) mass is 476 g/mol. The van der Waals surface area contributed by atoms with Gasteiger partial charge in [-0.25, -0.2) is 0 Å². The highest BCUT2D eigenvalue weighted by Gasteiger charge is 2.52. The summed E-state index contributed by atoms with van der Waals surface area (Å²) in [5.74, 6) is 3.20. The molecule has 0 saturated heterocycles. The number of hydrogen-bond acceptors (Lipinski definition) is 2. The number of allylic oxidation sites excluding steroid dienone is 4. The molecule has 3 aromatic carbocycles. The first kappa shape index (κ1) is 22.1. The van der Waals surface area contributed by atoms with Crippen LogP contribution in [0.5, 0.6) is 11.5 Å². The Balaban J connectivity index is 1.68. The van der Waals surface area contributed by atoms with Crippen molar-refractivity contribution in [2.75, 3.05) is 25.0 Å². The van der Waals surface area contributed by atoms with Gasteiger partial charge in [-0.3, -0.25) is 0 Å². The van der Waals surface area contributed by atoms with Crippen LogP contribution in [0, 0.1) is 5.92 Å². The first-order valence-electron chi connectivity index (χ1n) is 11.3. The molecule has 0 spiro atoms. The van der Waals surface area contributed by atoms with E-state index in [1.807, 2.05) is 0 Å². The van der Waals surface area contributed by atoms with Crippen LogP contribution >= 0.6 is 23.2 Å². The Morgan fingerprint density at radius 3 is 1.79 bits per heavy atom. The summed E-state index contributed by atoms with van der Waals surface area (Å²) in [4.78, 5) is 0. The highest BCUT2D eigenvalue weighted by atomic mass is 35.5. The predicted molar refractivity (Wildman–Crippen MR) is 136 cm³/mol. The first-order chi connectivity index (χ1) is 16.3. The summed E-state index contributed by atoms with van der Waals surface area (Å²) in [6.45, 7) is 0.994. The van der Waals surface area contributed by atoms with E-state index in [1.165, 1.54) is 22.3 Å². The number of fused-ring (bicyclic) bond motifs is 3. The Hall–Kier alpha value is -2.68. The van der Waals surface area contributed by atoms with Crippen LogP contribution in [0.3, 0.4) is 0 Å². The summed E-state index contributed by atoms with van der Waals surface area (Å²) < 4.78 is 11.5. The zero-order valence-electron chi connectivity index (χ0n) is 18.3. The highest BCUT2D eigenvalue weighted by Crippen LogP contribution is 2.59. The van der Waals surface area contributed by atoms with Crippen LogP contribution in [0.15, 0.2) is 97.1 Å². The van der Waals surface area contributed by atoms with Crippen LogP contribution in [0.4, 0.5) is 0 Å². The quantitative estimate of drug-likeness (QED) is 0.323. The summed E-state index contributed by atoms with van der Waals surface area (Å²) in [6, 6.07) is 25.9. The summed E-state index contributed by atoms with van der Waals surface area (Å²) >= 11 is 11.6. The summed E-state index contributed by atoms with van der Waals surface area (Å²) in [5, 5.41) is 0. The summed E-state index contributed by atoms with van der Waals surface area (Å²) in [6.07, 6.45) is 9.04. The van der Waals surface area contributed by atoms with E-state index in [1.54, 1.807) is 0 Å². The molecule has 33 heavy (non-hydrogen) atoms. The molecule has 168 valence electrons. The fourth-order valence-electron chi connectivity index (χ4n) is 5.45. The zero-order valence-corrected chi connectivity index (χ0v) is 19.8. The minimum atomic E-state index is -0.321.